The minimum absolute atomic E-state index is 0.00175. The normalized spacial score (nSPS) is 16.1. The summed E-state index contributed by atoms with van der Waals surface area (Å²) in [6.45, 7) is 4.19. The van der Waals surface area contributed by atoms with Crippen molar-refractivity contribution in [3.63, 3.8) is 0 Å². The Labute approximate surface area is 182 Å². The van der Waals surface area contributed by atoms with E-state index in [0.29, 0.717) is 24.3 Å². The summed E-state index contributed by atoms with van der Waals surface area (Å²) in [6, 6.07) is 12.6. The molecule has 0 aliphatic carbocycles. The highest BCUT2D eigenvalue weighted by Gasteiger charge is 2.38. The molecule has 3 rings (SSSR count). The number of aryl methyl sites for hydroxylation is 1. The van der Waals surface area contributed by atoms with E-state index in [1.165, 1.54) is 18.2 Å². The van der Waals surface area contributed by atoms with Crippen LogP contribution in [-0.2, 0) is 21.2 Å². The van der Waals surface area contributed by atoms with Crippen molar-refractivity contribution >= 4 is 27.8 Å². The molecule has 31 heavy (non-hydrogen) atoms. The van der Waals surface area contributed by atoms with Crippen LogP contribution in [0.2, 0.25) is 0 Å². The van der Waals surface area contributed by atoms with Gasteiger partial charge in [0.15, 0.2) is 0 Å². The van der Waals surface area contributed by atoms with Crippen LogP contribution in [-0.4, -0.2) is 38.0 Å². The SMILES string of the molecule is CCCCOC(=O)Nc1ccc(S(=O)(=O)N2C[C@H](c3ccccc3)NC2=O)cc1CC. The van der Waals surface area contributed by atoms with Gasteiger partial charge in [-0.2, -0.15) is 0 Å². The zero-order valence-electron chi connectivity index (χ0n) is 17.6. The van der Waals surface area contributed by atoms with Gasteiger partial charge in [0.05, 0.1) is 24.1 Å². The fourth-order valence-electron chi connectivity index (χ4n) is 3.32. The quantitative estimate of drug-likeness (QED) is 0.597. The molecule has 1 aliphatic rings. The molecule has 0 saturated carbocycles. The van der Waals surface area contributed by atoms with Gasteiger partial charge in [-0.05, 0) is 42.2 Å². The predicted octanol–water partition coefficient (Wildman–Crippen LogP) is 4.05. The number of nitrogens with zero attached hydrogens (tertiary/aromatic N) is 1. The third-order valence-electron chi connectivity index (χ3n) is 5.09. The molecule has 0 aromatic heterocycles. The summed E-state index contributed by atoms with van der Waals surface area (Å²) in [5.41, 5.74) is 1.95. The third kappa shape index (κ3) is 5.16. The zero-order chi connectivity index (χ0) is 22.4. The van der Waals surface area contributed by atoms with E-state index in [0.717, 1.165) is 22.7 Å². The van der Waals surface area contributed by atoms with Gasteiger partial charge in [0.1, 0.15) is 0 Å². The van der Waals surface area contributed by atoms with E-state index in [4.69, 9.17) is 4.74 Å². The van der Waals surface area contributed by atoms with Crippen LogP contribution in [0, 0.1) is 0 Å². The van der Waals surface area contributed by atoms with E-state index in [9.17, 15) is 18.0 Å². The van der Waals surface area contributed by atoms with Gasteiger partial charge in [-0.25, -0.2) is 22.3 Å². The number of amides is 3. The van der Waals surface area contributed by atoms with Crippen LogP contribution in [0.3, 0.4) is 0 Å². The maximum absolute atomic E-state index is 13.2. The third-order valence-corrected chi connectivity index (χ3v) is 6.83. The number of anilines is 1. The molecule has 0 unspecified atom stereocenters. The Hall–Kier alpha value is -3.07. The number of unbranched alkanes of at least 4 members (excludes halogenated alkanes) is 1. The lowest BCUT2D eigenvalue weighted by molar-refractivity contribution is 0.160. The molecule has 1 fully saturated rings. The minimum atomic E-state index is -4.05. The molecule has 1 aliphatic heterocycles. The molecule has 1 heterocycles. The van der Waals surface area contributed by atoms with Crippen molar-refractivity contribution in [3.8, 4) is 0 Å². The first-order chi connectivity index (χ1) is 14.9. The summed E-state index contributed by atoms with van der Waals surface area (Å²) in [7, 11) is -4.05. The smallest absolute Gasteiger partial charge is 0.411 e. The fourth-order valence-corrected chi connectivity index (χ4v) is 4.73. The van der Waals surface area contributed by atoms with Gasteiger partial charge in [-0.1, -0.05) is 50.6 Å². The number of urea groups is 1. The first-order valence-electron chi connectivity index (χ1n) is 10.3. The Morgan fingerprint density at radius 1 is 1.19 bits per heavy atom. The zero-order valence-corrected chi connectivity index (χ0v) is 18.4. The number of carbonyl (C=O) groups is 2. The van der Waals surface area contributed by atoms with Crippen molar-refractivity contribution in [3.05, 3.63) is 59.7 Å². The maximum Gasteiger partial charge on any atom is 0.411 e. The van der Waals surface area contributed by atoms with Crippen molar-refractivity contribution in [2.45, 2.75) is 44.0 Å². The van der Waals surface area contributed by atoms with Crippen LogP contribution in [0.4, 0.5) is 15.3 Å². The van der Waals surface area contributed by atoms with Gasteiger partial charge in [0.2, 0.25) is 0 Å². The van der Waals surface area contributed by atoms with Gasteiger partial charge in [0, 0.05) is 5.69 Å². The van der Waals surface area contributed by atoms with Gasteiger partial charge in [0.25, 0.3) is 10.0 Å². The van der Waals surface area contributed by atoms with E-state index in [-0.39, 0.29) is 11.4 Å². The van der Waals surface area contributed by atoms with Crippen molar-refractivity contribution in [1.29, 1.82) is 0 Å². The highest BCUT2D eigenvalue weighted by atomic mass is 32.2. The van der Waals surface area contributed by atoms with Crippen molar-refractivity contribution in [1.82, 2.24) is 9.62 Å². The monoisotopic (exact) mass is 445 g/mol. The highest BCUT2D eigenvalue weighted by molar-refractivity contribution is 7.89. The number of sulfonamides is 1. The summed E-state index contributed by atoms with van der Waals surface area (Å²) in [4.78, 5) is 24.4. The summed E-state index contributed by atoms with van der Waals surface area (Å²) in [5, 5.41) is 5.38. The maximum atomic E-state index is 13.2. The molecule has 2 aromatic rings. The molecule has 3 amide bonds. The number of hydrogen-bond donors (Lipinski definition) is 2. The standard InChI is InChI=1S/C22H27N3O5S/c1-3-5-13-30-22(27)24-19-12-11-18(14-16(19)4-2)31(28,29)25-15-20(23-21(25)26)17-9-7-6-8-10-17/h6-12,14,20H,3-5,13,15H2,1-2H3,(H,23,26)(H,24,27)/t20-/m1/s1. The molecule has 2 N–H and O–H groups in total. The summed E-state index contributed by atoms with van der Waals surface area (Å²) in [6.07, 6.45) is 1.60. The Kier molecular flexibility index (Phi) is 7.17. The Balaban J connectivity index is 1.78. The lowest BCUT2D eigenvalue weighted by Crippen LogP contribution is -2.34. The van der Waals surface area contributed by atoms with Crippen LogP contribution >= 0.6 is 0 Å². The molecular weight excluding hydrogens is 418 g/mol. The molecular formula is C22H27N3O5S. The summed E-state index contributed by atoms with van der Waals surface area (Å²) >= 11 is 0. The average Bonchev–Trinajstić information content (AvgIpc) is 3.17. The topological polar surface area (TPSA) is 105 Å². The number of carbonyl (C=O) groups excluding carboxylic acids is 2. The van der Waals surface area contributed by atoms with E-state index in [2.05, 4.69) is 10.6 Å². The van der Waals surface area contributed by atoms with Gasteiger partial charge < -0.3 is 10.1 Å². The Morgan fingerprint density at radius 3 is 2.61 bits per heavy atom. The molecule has 9 heteroatoms. The number of hydrogen-bond acceptors (Lipinski definition) is 5. The van der Waals surface area contributed by atoms with Crippen LogP contribution in [0.15, 0.2) is 53.4 Å². The highest BCUT2D eigenvalue weighted by Crippen LogP contribution is 2.28. The largest absolute Gasteiger partial charge is 0.449 e. The van der Waals surface area contributed by atoms with Crippen LogP contribution in [0.1, 0.15) is 43.9 Å². The Bertz CT molecular complexity index is 1040. The summed E-state index contributed by atoms with van der Waals surface area (Å²) < 4.78 is 32.3. The lowest BCUT2D eigenvalue weighted by atomic mass is 10.1. The molecule has 1 saturated heterocycles. The van der Waals surface area contributed by atoms with Crippen molar-refractivity contribution < 1.29 is 22.7 Å². The van der Waals surface area contributed by atoms with E-state index in [1.54, 1.807) is 0 Å². The molecule has 0 bridgehead atoms. The van der Waals surface area contributed by atoms with Crippen LogP contribution in [0.5, 0.6) is 0 Å². The number of rotatable bonds is 8. The second-order valence-electron chi connectivity index (χ2n) is 7.24. The number of benzene rings is 2. The molecule has 1 atom stereocenters. The minimum Gasteiger partial charge on any atom is -0.449 e. The first-order valence-corrected chi connectivity index (χ1v) is 11.8. The molecule has 166 valence electrons. The van der Waals surface area contributed by atoms with Crippen molar-refractivity contribution in [2.24, 2.45) is 0 Å². The Morgan fingerprint density at radius 2 is 1.94 bits per heavy atom. The number of nitrogens with one attached hydrogen (secondary N) is 2. The van der Waals surface area contributed by atoms with E-state index >= 15 is 0 Å². The second-order valence-corrected chi connectivity index (χ2v) is 9.10. The molecule has 0 spiro atoms. The van der Waals surface area contributed by atoms with Gasteiger partial charge in [-0.3, -0.25) is 5.32 Å². The molecule has 0 radical (unpaired) electrons. The fraction of sp³-hybridized carbons (Fsp3) is 0.364. The van der Waals surface area contributed by atoms with Gasteiger partial charge >= 0.3 is 12.1 Å². The number of ether oxygens (including phenoxy) is 1. The lowest BCUT2D eigenvalue weighted by Gasteiger charge is -2.17. The van der Waals surface area contributed by atoms with Crippen molar-refractivity contribution in [2.75, 3.05) is 18.5 Å². The molecule has 8 nitrogen and oxygen atoms in total. The van der Waals surface area contributed by atoms with E-state index in [1.807, 2.05) is 44.2 Å². The van der Waals surface area contributed by atoms with Crippen LogP contribution < -0.4 is 10.6 Å². The van der Waals surface area contributed by atoms with E-state index < -0.39 is 28.2 Å². The first kappa shape index (κ1) is 22.6. The predicted molar refractivity (Wildman–Crippen MR) is 117 cm³/mol. The second kappa shape index (κ2) is 9.82. The summed E-state index contributed by atoms with van der Waals surface area (Å²) in [5.74, 6) is 0. The molecule has 2 aromatic carbocycles. The van der Waals surface area contributed by atoms with Gasteiger partial charge in [-0.15, -0.1) is 0 Å². The average molecular weight is 446 g/mol. The van der Waals surface area contributed by atoms with Crippen LogP contribution in [0.25, 0.3) is 0 Å².